The maximum Gasteiger partial charge on any atom is 0.234 e. The van der Waals surface area contributed by atoms with Gasteiger partial charge in [0.25, 0.3) is 0 Å². The molecule has 2 aromatic carbocycles. The van der Waals surface area contributed by atoms with Gasteiger partial charge >= 0.3 is 0 Å². The number of rotatable bonds is 9. The first kappa shape index (κ1) is 20.8. The normalized spacial score (nSPS) is 10.7. The van der Waals surface area contributed by atoms with Crippen LogP contribution in [0.15, 0.2) is 48.5 Å². The monoisotopic (exact) mass is 368 g/mol. The second-order valence-electron chi connectivity index (χ2n) is 7.20. The highest BCUT2D eigenvalue weighted by Crippen LogP contribution is 2.14. The molecule has 27 heavy (non-hydrogen) atoms. The minimum absolute atomic E-state index is 0.0541. The van der Waals surface area contributed by atoms with Crippen molar-refractivity contribution in [3.8, 4) is 0 Å². The predicted molar refractivity (Wildman–Crippen MR) is 114 cm³/mol. The fourth-order valence-corrected chi connectivity index (χ4v) is 2.81. The molecule has 0 fully saturated rings. The van der Waals surface area contributed by atoms with Gasteiger partial charge in [0.05, 0.1) is 6.54 Å². The van der Waals surface area contributed by atoms with E-state index in [-0.39, 0.29) is 5.91 Å². The highest BCUT2D eigenvalue weighted by molar-refractivity contribution is 5.78. The van der Waals surface area contributed by atoms with Crippen LogP contribution in [0.4, 0.5) is 11.4 Å². The Morgan fingerprint density at radius 2 is 1.30 bits per heavy atom. The van der Waals surface area contributed by atoms with Crippen molar-refractivity contribution in [1.29, 1.82) is 0 Å². The van der Waals surface area contributed by atoms with Crippen LogP contribution in [0.2, 0.25) is 0 Å². The zero-order valence-corrected chi connectivity index (χ0v) is 17.2. The predicted octanol–water partition coefficient (Wildman–Crippen LogP) is 2.96. The van der Waals surface area contributed by atoms with Crippen molar-refractivity contribution in [3.05, 3.63) is 59.7 Å². The van der Waals surface area contributed by atoms with E-state index in [2.05, 4.69) is 75.5 Å². The molecule has 2 aromatic rings. The Morgan fingerprint density at radius 3 is 1.74 bits per heavy atom. The molecule has 0 aliphatic carbocycles. The molecule has 2 rings (SSSR count). The van der Waals surface area contributed by atoms with Crippen LogP contribution in [0, 0.1) is 0 Å². The topological polar surface area (TPSA) is 38.8 Å². The Hall–Kier alpha value is -2.53. The quantitative estimate of drug-likeness (QED) is 0.739. The van der Waals surface area contributed by atoms with Crippen LogP contribution in [0.3, 0.4) is 0 Å². The lowest BCUT2D eigenvalue weighted by Gasteiger charge is -2.21. The van der Waals surface area contributed by atoms with E-state index in [1.807, 2.05) is 28.2 Å². The van der Waals surface area contributed by atoms with Crippen LogP contribution in [0.5, 0.6) is 0 Å². The number of nitrogens with zero attached hydrogens (tertiary/aromatic N) is 3. The van der Waals surface area contributed by atoms with Crippen LogP contribution in [-0.2, 0) is 17.9 Å². The van der Waals surface area contributed by atoms with E-state index < -0.39 is 0 Å². The van der Waals surface area contributed by atoms with Crippen molar-refractivity contribution in [2.45, 2.75) is 20.0 Å². The van der Waals surface area contributed by atoms with Crippen LogP contribution in [0.25, 0.3) is 0 Å². The van der Waals surface area contributed by atoms with Crippen molar-refractivity contribution < 1.29 is 4.79 Å². The molecule has 0 aromatic heterocycles. The molecule has 5 nitrogen and oxygen atoms in total. The second-order valence-corrected chi connectivity index (χ2v) is 7.20. The lowest BCUT2D eigenvalue weighted by atomic mass is 10.2. The first-order valence-corrected chi connectivity index (χ1v) is 9.40. The molecule has 0 saturated heterocycles. The van der Waals surface area contributed by atoms with E-state index in [0.29, 0.717) is 13.1 Å². The fourth-order valence-electron chi connectivity index (χ4n) is 2.81. The van der Waals surface area contributed by atoms with E-state index in [4.69, 9.17) is 0 Å². The zero-order valence-electron chi connectivity index (χ0n) is 17.2. The number of carbonyl (C=O) groups excluding carboxylic acids is 1. The van der Waals surface area contributed by atoms with E-state index in [0.717, 1.165) is 24.3 Å². The van der Waals surface area contributed by atoms with Crippen LogP contribution < -0.4 is 15.1 Å². The van der Waals surface area contributed by atoms with Crippen molar-refractivity contribution in [1.82, 2.24) is 10.2 Å². The lowest BCUT2D eigenvalue weighted by Crippen LogP contribution is -2.36. The molecule has 5 heteroatoms. The molecular weight excluding hydrogens is 336 g/mol. The van der Waals surface area contributed by atoms with Crippen molar-refractivity contribution >= 4 is 17.3 Å². The molecule has 0 spiro atoms. The molecule has 0 unspecified atom stereocenters. The van der Waals surface area contributed by atoms with Gasteiger partial charge in [0, 0.05) is 52.7 Å². The number of likely N-dealkylation sites (N-methyl/N-ethyl adjacent to an activating group) is 1. The number of amides is 1. The summed E-state index contributed by atoms with van der Waals surface area (Å²) < 4.78 is 0. The second kappa shape index (κ2) is 9.97. The highest BCUT2D eigenvalue weighted by Gasteiger charge is 2.10. The Labute approximate surface area is 163 Å². The van der Waals surface area contributed by atoms with E-state index in [1.54, 1.807) is 0 Å². The van der Waals surface area contributed by atoms with Gasteiger partial charge in [0.2, 0.25) is 5.91 Å². The minimum Gasteiger partial charge on any atom is -0.378 e. The lowest BCUT2D eigenvalue weighted by molar-refractivity contribution is -0.122. The standard InChI is InChI=1S/C22H32N4O/c1-6-26(16-19-9-13-21(14-10-19)25(4)5)17-22(27)23-15-18-7-11-20(12-8-18)24(2)3/h7-14H,6,15-17H2,1-5H3,(H,23,27). The van der Waals surface area contributed by atoms with Crippen molar-refractivity contribution in [2.75, 3.05) is 51.1 Å². The molecule has 1 N–H and O–H groups in total. The fraction of sp³-hybridized carbons (Fsp3) is 0.409. The summed E-state index contributed by atoms with van der Waals surface area (Å²) in [5.41, 5.74) is 4.66. The first-order chi connectivity index (χ1) is 12.9. The molecule has 0 bridgehead atoms. The maximum absolute atomic E-state index is 12.3. The zero-order chi connectivity index (χ0) is 19.8. The summed E-state index contributed by atoms with van der Waals surface area (Å²) in [5, 5.41) is 3.02. The summed E-state index contributed by atoms with van der Waals surface area (Å²) >= 11 is 0. The number of anilines is 2. The summed E-state index contributed by atoms with van der Waals surface area (Å²) in [6.07, 6.45) is 0. The molecule has 0 aliphatic heterocycles. The average Bonchev–Trinajstić information content (AvgIpc) is 2.66. The Bertz CT molecular complexity index is 708. The van der Waals surface area contributed by atoms with Crippen LogP contribution >= 0.6 is 0 Å². The average molecular weight is 369 g/mol. The van der Waals surface area contributed by atoms with Gasteiger partial charge in [0.1, 0.15) is 0 Å². The first-order valence-electron chi connectivity index (χ1n) is 9.40. The molecular formula is C22H32N4O. The third-order valence-electron chi connectivity index (χ3n) is 4.62. The summed E-state index contributed by atoms with van der Waals surface area (Å²) in [5.74, 6) is 0.0541. The van der Waals surface area contributed by atoms with Gasteiger partial charge in [-0.15, -0.1) is 0 Å². The number of hydrogen-bond acceptors (Lipinski definition) is 4. The third kappa shape index (κ3) is 6.61. The SMILES string of the molecule is CCN(CC(=O)NCc1ccc(N(C)C)cc1)Cc1ccc(N(C)C)cc1. The van der Waals surface area contributed by atoms with Gasteiger partial charge in [-0.25, -0.2) is 0 Å². The highest BCUT2D eigenvalue weighted by atomic mass is 16.2. The van der Waals surface area contributed by atoms with Crippen LogP contribution in [0.1, 0.15) is 18.1 Å². The van der Waals surface area contributed by atoms with Gasteiger partial charge in [-0.2, -0.15) is 0 Å². The largest absolute Gasteiger partial charge is 0.378 e. The smallest absolute Gasteiger partial charge is 0.234 e. The minimum atomic E-state index is 0.0541. The number of nitrogens with one attached hydrogen (secondary N) is 1. The summed E-state index contributed by atoms with van der Waals surface area (Å²) in [7, 11) is 8.10. The Balaban J connectivity index is 1.83. The molecule has 0 aliphatic rings. The molecule has 146 valence electrons. The van der Waals surface area contributed by atoms with Crippen molar-refractivity contribution in [3.63, 3.8) is 0 Å². The van der Waals surface area contributed by atoms with Gasteiger partial charge in [-0.1, -0.05) is 31.2 Å². The third-order valence-corrected chi connectivity index (χ3v) is 4.62. The van der Waals surface area contributed by atoms with E-state index >= 15 is 0 Å². The van der Waals surface area contributed by atoms with Gasteiger partial charge in [-0.05, 0) is 41.9 Å². The summed E-state index contributed by atoms with van der Waals surface area (Å²) in [4.78, 5) is 18.6. The Morgan fingerprint density at radius 1 is 0.815 bits per heavy atom. The Kier molecular flexibility index (Phi) is 7.67. The summed E-state index contributed by atoms with van der Waals surface area (Å²) in [6.45, 7) is 4.65. The molecule has 0 radical (unpaired) electrons. The van der Waals surface area contributed by atoms with Gasteiger partial charge in [0.15, 0.2) is 0 Å². The van der Waals surface area contributed by atoms with E-state index in [9.17, 15) is 4.79 Å². The summed E-state index contributed by atoms with van der Waals surface area (Å²) in [6, 6.07) is 16.7. The number of carbonyl (C=O) groups is 1. The van der Waals surface area contributed by atoms with Gasteiger partial charge in [-0.3, -0.25) is 9.69 Å². The van der Waals surface area contributed by atoms with Crippen LogP contribution in [-0.4, -0.2) is 52.1 Å². The number of hydrogen-bond donors (Lipinski definition) is 1. The molecule has 0 heterocycles. The van der Waals surface area contributed by atoms with E-state index in [1.165, 1.54) is 11.3 Å². The van der Waals surface area contributed by atoms with Crippen molar-refractivity contribution in [2.24, 2.45) is 0 Å². The molecule has 1 amide bonds. The maximum atomic E-state index is 12.3. The molecule has 0 atom stereocenters. The molecule has 0 saturated carbocycles. The number of benzene rings is 2. The van der Waals surface area contributed by atoms with Gasteiger partial charge < -0.3 is 15.1 Å².